The van der Waals surface area contributed by atoms with E-state index in [2.05, 4.69) is 10.6 Å². The number of halogens is 1. The summed E-state index contributed by atoms with van der Waals surface area (Å²) in [6, 6.07) is 5.29. The average Bonchev–Trinajstić information content (AvgIpc) is 2.93. The zero-order valence-corrected chi connectivity index (χ0v) is 15.9. The molecule has 3 aliphatic heterocycles. The summed E-state index contributed by atoms with van der Waals surface area (Å²) in [6.45, 7) is 5.68. The first-order chi connectivity index (χ1) is 12.3. The summed E-state index contributed by atoms with van der Waals surface area (Å²) in [4.78, 5) is 26.7. The number of likely N-dealkylation sites (tertiary alicyclic amines) is 1. The van der Waals surface area contributed by atoms with Crippen molar-refractivity contribution in [2.75, 3.05) is 25.0 Å². The number of piperidine rings is 1. The number of nitrogens with one attached hydrogen (secondary N) is 2. The fourth-order valence-electron chi connectivity index (χ4n) is 4.30. The number of ether oxygens (including phenoxy) is 1. The molecular weight excluding hydrogens is 354 g/mol. The summed E-state index contributed by atoms with van der Waals surface area (Å²) < 4.78 is 6.21. The highest BCUT2D eigenvalue weighted by atomic mass is 35.5. The summed E-state index contributed by atoms with van der Waals surface area (Å²) in [5.41, 5.74) is 0.452. The van der Waals surface area contributed by atoms with E-state index >= 15 is 0 Å². The second-order valence-electron chi connectivity index (χ2n) is 7.98. The molecule has 1 atom stereocenters. The summed E-state index contributed by atoms with van der Waals surface area (Å²) in [6.07, 6.45) is 2.27. The van der Waals surface area contributed by atoms with E-state index in [0.717, 1.165) is 18.5 Å². The van der Waals surface area contributed by atoms with Crippen molar-refractivity contribution in [1.29, 1.82) is 0 Å². The maximum absolute atomic E-state index is 12.6. The van der Waals surface area contributed by atoms with Crippen LogP contribution in [0.3, 0.4) is 0 Å². The van der Waals surface area contributed by atoms with Gasteiger partial charge in [-0.15, -0.1) is 0 Å². The predicted octanol–water partition coefficient (Wildman–Crippen LogP) is 2.63. The Bertz CT molecular complexity index is 758. The minimum Gasteiger partial charge on any atom is -0.370 e. The molecule has 4 rings (SSSR count). The molecule has 26 heavy (non-hydrogen) atoms. The van der Waals surface area contributed by atoms with Crippen molar-refractivity contribution < 1.29 is 14.3 Å². The zero-order valence-electron chi connectivity index (χ0n) is 15.1. The molecule has 3 heterocycles. The minimum atomic E-state index is -0.595. The molecule has 0 aromatic heterocycles. The number of carbonyl (C=O) groups is 2. The van der Waals surface area contributed by atoms with Gasteiger partial charge in [0.1, 0.15) is 5.66 Å². The topological polar surface area (TPSA) is 70.7 Å². The van der Waals surface area contributed by atoms with Crippen molar-refractivity contribution in [2.45, 2.75) is 44.4 Å². The Labute approximate surface area is 158 Å². The molecule has 3 aliphatic rings. The van der Waals surface area contributed by atoms with E-state index in [1.807, 2.05) is 24.8 Å². The van der Waals surface area contributed by atoms with Crippen LogP contribution < -0.4 is 10.6 Å². The van der Waals surface area contributed by atoms with Crippen LogP contribution in [0.4, 0.5) is 5.69 Å². The Morgan fingerprint density at radius 2 is 2.00 bits per heavy atom. The van der Waals surface area contributed by atoms with Gasteiger partial charge in [-0.25, -0.2) is 0 Å². The number of nitrogens with zero attached hydrogens (tertiary/aromatic N) is 1. The van der Waals surface area contributed by atoms with Gasteiger partial charge in [0.2, 0.25) is 5.91 Å². The van der Waals surface area contributed by atoms with Crippen LogP contribution in [0.5, 0.6) is 0 Å². The third-order valence-electron chi connectivity index (χ3n) is 5.68. The van der Waals surface area contributed by atoms with Crippen molar-refractivity contribution in [3.63, 3.8) is 0 Å². The maximum atomic E-state index is 12.6. The van der Waals surface area contributed by atoms with Gasteiger partial charge in [0.25, 0.3) is 5.91 Å². The normalized spacial score (nSPS) is 26.8. The van der Waals surface area contributed by atoms with Gasteiger partial charge in [0, 0.05) is 36.1 Å². The van der Waals surface area contributed by atoms with Crippen molar-refractivity contribution in [1.82, 2.24) is 10.2 Å². The van der Waals surface area contributed by atoms with Crippen molar-refractivity contribution >= 4 is 29.1 Å². The predicted molar refractivity (Wildman–Crippen MR) is 99.2 cm³/mol. The largest absolute Gasteiger partial charge is 0.370 e. The molecule has 2 N–H and O–H groups in total. The summed E-state index contributed by atoms with van der Waals surface area (Å²) >= 11 is 6.01. The standard InChI is InChI=1S/C19H24ClN3O3/c1-12(2)17(25)23-7-5-18(6-8-23)10-19(11-26-18)21-15-4-3-13(20)9-14(15)16(24)22-19/h3-4,9,12,21H,5-8,10-11H2,1-2H3,(H,22,24). The molecule has 0 saturated carbocycles. The van der Waals surface area contributed by atoms with Gasteiger partial charge in [-0.1, -0.05) is 25.4 Å². The van der Waals surface area contributed by atoms with Crippen LogP contribution in [-0.2, 0) is 9.53 Å². The molecule has 1 aromatic rings. The van der Waals surface area contributed by atoms with Gasteiger partial charge >= 0.3 is 0 Å². The van der Waals surface area contributed by atoms with E-state index in [4.69, 9.17) is 16.3 Å². The second kappa shape index (κ2) is 6.13. The first-order valence-electron chi connectivity index (χ1n) is 9.15. The lowest BCUT2D eigenvalue weighted by atomic mass is 9.84. The third kappa shape index (κ3) is 2.95. The lowest BCUT2D eigenvalue weighted by Gasteiger charge is -2.41. The van der Waals surface area contributed by atoms with Crippen molar-refractivity contribution in [2.24, 2.45) is 5.92 Å². The number of fused-ring (bicyclic) bond motifs is 1. The SMILES string of the molecule is CC(C)C(=O)N1CCC2(CC1)CC1(CO2)NC(=O)c2cc(Cl)ccc2N1. The summed E-state index contributed by atoms with van der Waals surface area (Å²) in [5.74, 6) is 0.0827. The molecular formula is C19H24ClN3O3. The second-order valence-corrected chi connectivity index (χ2v) is 8.42. The fraction of sp³-hybridized carbons (Fsp3) is 0.579. The van der Waals surface area contributed by atoms with Gasteiger partial charge in [-0.3, -0.25) is 9.59 Å². The highest BCUT2D eigenvalue weighted by Gasteiger charge is 2.53. The quantitative estimate of drug-likeness (QED) is 0.789. The Morgan fingerprint density at radius 1 is 1.27 bits per heavy atom. The minimum absolute atomic E-state index is 0.0162. The van der Waals surface area contributed by atoms with E-state index in [1.54, 1.807) is 12.1 Å². The van der Waals surface area contributed by atoms with Crippen LogP contribution in [0.2, 0.25) is 5.02 Å². The number of anilines is 1. The molecule has 2 fully saturated rings. The highest BCUT2D eigenvalue weighted by molar-refractivity contribution is 6.31. The molecule has 6 nitrogen and oxygen atoms in total. The number of hydrogen-bond donors (Lipinski definition) is 2. The number of amides is 2. The number of hydrogen-bond acceptors (Lipinski definition) is 4. The molecule has 0 aliphatic carbocycles. The van der Waals surface area contributed by atoms with Crippen LogP contribution in [0.15, 0.2) is 18.2 Å². The van der Waals surface area contributed by atoms with Crippen LogP contribution in [0.25, 0.3) is 0 Å². The molecule has 1 aromatic carbocycles. The Balaban J connectivity index is 1.48. The maximum Gasteiger partial charge on any atom is 0.255 e. The first-order valence-corrected chi connectivity index (χ1v) is 9.52. The van der Waals surface area contributed by atoms with Crippen LogP contribution >= 0.6 is 11.6 Å². The molecule has 0 bridgehead atoms. The molecule has 7 heteroatoms. The van der Waals surface area contributed by atoms with Crippen LogP contribution in [0, 0.1) is 5.92 Å². The average molecular weight is 378 g/mol. The van der Waals surface area contributed by atoms with E-state index in [9.17, 15) is 9.59 Å². The lowest BCUT2D eigenvalue weighted by molar-refractivity contribution is -0.139. The van der Waals surface area contributed by atoms with Crippen molar-refractivity contribution in [3.05, 3.63) is 28.8 Å². The Hall–Kier alpha value is -1.79. The first kappa shape index (κ1) is 17.6. The molecule has 1 unspecified atom stereocenters. The number of benzene rings is 1. The molecule has 140 valence electrons. The van der Waals surface area contributed by atoms with E-state index < -0.39 is 5.66 Å². The smallest absolute Gasteiger partial charge is 0.255 e. The van der Waals surface area contributed by atoms with Gasteiger partial charge in [0.05, 0.1) is 17.8 Å². The van der Waals surface area contributed by atoms with E-state index in [0.29, 0.717) is 36.7 Å². The van der Waals surface area contributed by atoms with Gasteiger partial charge in [-0.05, 0) is 31.0 Å². The third-order valence-corrected chi connectivity index (χ3v) is 5.92. The fourth-order valence-corrected chi connectivity index (χ4v) is 4.47. The molecule has 2 spiro atoms. The van der Waals surface area contributed by atoms with Gasteiger partial charge in [-0.2, -0.15) is 0 Å². The van der Waals surface area contributed by atoms with Crippen LogP contribution in [-0.4, -0.2) is 47.7 Å². The Kier molecular flexibility index (Phi) is 4.15. The molecule has 2 saturated heterocycles. The highest BCUT2D eigenvalue weighted by Crippen LogP contribution is 2.43. The lowest BCUT2D eigenvalue weighted by Crippen LogP contribution is -2.59. The zero-order chi connectivity index (χ0) is 18.5. The molecule has 2 amide bonds. The summed E-state index contributed by atoms with van der Waals surface area (Å²) in [7, 11) is 0. The molecule has 0 radical (unpaired) electrons. The van der Waals surface area contributed by atoms with Crippen molar-refractivity contribution in [3.8, 4) is 0 Å². The number of carbonyl (C=O) groups excluding carboxylic acids is 2. The van der Waals surface area contributed by atoms with Gasteiger partial charge in [0.15, 0.2) is 0 Å². The van der Waals surface area contributed by atoms with Crippen LogP contribution in [0.1, 0.15) is 43.5 Å². The summed E-state index contributed by atoms with van der Waals surface area (Å²) in [5, 5.41) is 7.08. The number of rotatable bonds is 1. The van der Waals surface area contributed by atoms with Gasteiger partial charge < -0.3 is 20.3 Å². The monoisotopic (exact) mass is 377 g/mol. The van der Waals surface area contributed by atoms with E-state index in [-0.39, 0.29) is 23.3 Å². The van der Waals surface area contributed by atoms with E-state index in [1.165, 1.54) is 0 Å². The Morgan fingerprint density at radius 3 is 2.69 bits per heavy atom.